The minimum atomic E-state index is -0.582. The van der Waals surface area contributed by atoms with Gasteiger partial charge in [0.1, 0.15) is 0 Å². The number of amidine groups is 1. The van der Waals surface area contributed by atoms with Gasteiger partial charge in [-0.05, 0) is 54.8 Å². The smallest absolute Gasteiger partial charge is 0.331 e. The van der Waals surface area contributed by atoms with Crippen LogP contribution in [0.15, 0.2) is 39.4 Å². The summed E-state index contributed by atoms with van der Waals surface area (Å²) < 4.78 is 4.51. The lowest BCUT2D eigenvalue weighted by Gasteiger charge is -2.20. The van der Waals surface area contributed by atoms with Crippen molar-refractivity contribution in [2.24, 2.45) is 10.2 Å². The summed E-state index contributed by atoms with van der Waals surface area (Å²) in [4.78, 5) is 25.6. The van der Waals surface area contributed by atoms with Crippen molar-refractivity contribution in [3.63, 3.8) is 0 Å². The molecule has 0 saturated carbocycles. The van der Waals surface area contributed by atoms with Crippen molar-refractivity contribution in [3.8, 4) is 0 Å². The minimum Gasteiger partial charge on any atom is -0.466 e. The van der Waals surface area contributed by atoms with Gasteiger partial charge in [-0.1, -0.05) is 6.07 Å². The van der Waals surface area contributed by atoms with Gasteiger partial charge in [0, 0.05) is 24.9 Å². The number of ether oxygens (including phenoxy) is 1. The van der Waals surface area contributed by atoms with Crippen LogP contribution in [-0.2, 0) is 14.3 Å². The second-order valence-corrected chi connectivity index (χ2v) is 7.01. The van der Waals surface area contributed by atoms with E-state index in [1.165, 1.54) is 31.2 Å². The Morgan fingerprint density at radius 3 is 2.81 bits per heavy atom. The Morgan fingerprint density at radius 2 is 2.12 bits per heavy atom. The van der Waals surface area contributed by atoms with Gasteiger partial charge in [-0.2, -0.15) is 5.10 Å². The number of methoxy groups -OCH3 is 1. The third-order valence-electron chi connectivity index (χ3n) is 4.12. The molecule has 0 aromatic heterocycles. The molecular weight excluding hydrogens is 352 g/mol. The van der Waals surface area contributed by atoms with Crippen LogP contribution in [0.3, 0.4) is 0 Å². The van der Waals surface area contributed by atoms with E-state index in [-0.39, 0.29) is 10.8 Å². The molecule has 8 heteroatoms. The second-order valence-electron chi connectivity index (χ2n) is 5.98. The molecule has 1 N–H and O–H groups in total. The zero-order chi connectivity index (χ0) is 18.5. The fourth-order valence-electron chi connectivity index (χ4n) is 2.86. The number of esters is 1. The number of hydrogen-bond acceptors (Lipinski definition) is 7. The Hall–Kier alpha value is -2.61. The number of anilines is 1. The number of carbonyl (C=O) groups excluding carboxylic acids is 2. The molecule has 1 amide bonds. The van der Waals surface area contributed by atoms with Gasteiger partial charge in [0.05, 0.1) is 18.2 Å². The molecule has 1 aromatic rings. The van der Waals surface area contributed by atoms with Crippen LogP contribution in [0.4, 0.5) is 5.69 Å². The lowest BCUT2D eigenvalue weighted by molar-refractivity contribution is -0.135. The van der Waals surface area contributed by atoms with Gasteiger partial charge in [0.2, 0.25) is 0 Å². The summed E-state index contributed by atoms with van der Waals surface area (Å²) in [6.07, 6.45) is 5.26. The Kier molecular flexibility index (Phi) is 5.72. The molecule has 0 spiro atoms. The average Bonchev–Trinajstić information content (AvgIpc) is 3.25. The fraction of sp³-hybridized carbons (Fsp3) is 0.333. The summed E-state index contributed by atoms with van der Waals surface area (Å²) in [5.41, 5.74) is 3.41. The first-order valence-corrected chi connectivity index (χ1v) is 9.14. The van der Waals surface area contributed by atoms with Crippen LogP contribution < -0.4 is 10.2 Å². The highest BCUT2D eigenvalue weighted by molar-refractivity contribution is 8.18. The fourth-order valence-corrected chi connectivity index (χ4v) is 3.60. The molecule has 0 atom stereocenters. The van der Waals surface area contributed by atoms with Crippen molar-refractivity contribution >= 4 is 40.7 Å². The highest BCUT2D eigenvalue weighted by Gasteiger charge is 2.25. The molecule has 0 bridgehead atoms. The zero-order valence-electron chi connectivity index (χ0n) is 14.7. The first kappa shape index (κ1) is 18.2. The van der Waals surface area contributed by atoms with Crippen LogP contribution in [0.1, 0.15) is 24.0 Å². The van der Waals surface area contributed by atoms with Crippen molar-refractivity contribution in [1.29, 1.82) is 0 Å². The van der Waals surface area contributed by atoms with E-state index >= 15 is 0 Å². The average molecular weight is 372 g/mol. The molecule has 136 valence electrons. The number of benzene rings is 1. The number of carbonyl (C=O) groups is 2. The number of aryl methyl sites for hydroxylation is 1. The van der Waals surface area contributed by atoms with Gasteiger partial charge in [-0.3, -0.25) is 10.1 Å². The molecule has 1 aromatic carbocycles. The summed E-state index contributed by atoms with van der Waals surface area (Å²) in [6, 6.07) is 6.19. The number of rotatable bonds is 4. The van der Waals surface area contributed by atoms with Gasteiger partial charge in [0.25, 0.3) is 5.91 Å². The molecule has 2 heterocycles. The topological polar surface area (TPSA) is 83.4 Å². The molecule has 0 aliphatic carbocycles. The number of nitrogens with one attached hydrogen (secondary N) is 1. The maximum absolute atomic E-state index is 11.7. The number of thioether (sulfide) groups is 1. The van der Waals surface area contributed by atoms with Gasteiger partial charge >= 0.3 is 5.97 Å². The first-order chi connectivity index (χ1) is 12.6. The third-order valence-corrected chi connectivity index (χ3v) is 5.02. The molecule has 2 aliphatic heterocycles. The Balaban J connectivity index is 1.66. The van der Waals surface area contributed by atoms with Crippen LogP contribution in [0.5, 0.6) is 0 Å². The summed E-state index contributed by atoms with van der Waals surface area (Å²) in [6.45, 7) is 4.31. The maximum Gasteiger partial charge on any atom is 0.331 e. The number of nitrogens with zero attached hydrogens (tertiary/aromatic N) is 3. The van der Waals surface area contributed by atoms with E-state index in [0.29, 0.717) is 5.17 Å². The van der Waals surface area contributed by atoms with Crippen LogP contribution >= 0.6 is 11.8 Å². The van der Waals surface area contributed by atoms with E-state index < -0.39 is 5.97 Å². The predicted molar refractivity (Wildman–Crippen MR) is 103 cm³/mol. The Labute approximate surface area is 156 Å². The van der Waals surface area contributed by atoms with Gasteiger partial charge < -0.3 is 9.64 Å². The molecular formula is C18H20N4O3S. The predicted octanol–water partition coefficient (Wildman–Crippen LogP) is 2.21. The molecule has 7 nitrogen and oxygen atoms in total. The largest absolute Gasteiger partial charge is 0.466 e. The van der Waals surface area contributed by atoms with Crippen molar-refractivity contribution in [3.05, 3.63) is 40.3 Å². The monoisotopic (exact) mass is 372 g/mol. The highest BCUT2D eigenvalue weighted by Crippen LogP contribution is 2.25. The SMILES string of the molecule is COC(=O)/C=C1/S/C(=N\N=Cc2ccc(N3CCCC3)c(C)c2)NC1=O. The van der Waals surface area contributed by atoms with Crippen LogP contribution in [-0.4, -0.2) is 43.5 Å². The summed E-state index contributed by atoms with van der Waals surface area (Å²) in [5, 5.41) is 10.9. The normalized spacial score (nSPS) is 20.4. The maximum atomic E-state index is 11.7. The number of hydrogen-bond donors (Lipinski definition) is 1. The van der Waals surface area contributed by atoms with Crippen LogP contribution in [0.25, 0.3) is 0 Å². The van der Waals surface area contributed by atoms with Gasteiger partial charge in [0.15, 0.2) is 5.17 Å². The molecule has 26 heavy (non-hydrogen) atoms. The van der Waals surface area contributed by atoms with E-state index in [9.17, 15) is 9.59 Å². The highest BCUT2D eigenvalue weighted by atomic mass is 32.2. The molecule has 3 rings (SSSR count). The van der Waals surface area contributed by atoms with E-state index in [1.54, 1.807) is 6.21 Å². The van der Waals surface area contributed by atoms with Crippen LogP contribution in [0, 0.1) is 6.92 Å². The molecule has 0 radical (unpaired) electrons. The first-order valence-electron chi connectivity index (χ1n) is 8.32. The summed E-state index contributed by atoms with van der Waals surface area (Å²) in [5.74, 6) is -0.971. The second kappa shape index (κ2) is 8.18. The quantitative estimate of drug-likeness (QED) is 0.379. The van der Waals surface area contributed by atoms with E-state index in [2.05, 4.69) is 44.2 Å². The molecule has 0 unspecified atom stereocenters. The van der Waals surface area contributed by atoms with E-state index in [0.717, 1.165) is 36.5 Å². The summed E-state index contributed by atoms with van der Waals surface area (Å²) in [7, 11) is 1.26. The van der Waals surface area contributed by atoms with Gasteiger partial charge in [-0.25, -0.2) is 4.79 Å². The standard InChI is InChI=1S/C18H20N4O3S/c1-12-9-13(5-6-14(12)22-7-3-4-8-22)11-19-21-18-20-17(24)15(26-18)10-16(23)25-2/h5-6,9-11H,3-4,7-8H2,1-2H3,(H,20,21,24)/b15-10+,19-11?. The lowest BCUT2D eigenvalue weighted by atomic mass is 10.1. The van der Waals surface area contributed by atoms with Crippen molar-refractivity contribution < 1.29 is 14.3 Å². The van der Waals surface area contributed by atoms with E-state index in [4.69, 9.17) is 0 Å². The van der Waals surface area contributed by atoms with Gasteiger partial charge in [-0.15, -0.1) is 5.10 Å². The zero-order valence-corrected chi connectivity index (χ0v) is 15.5. The van der Waals surface area contributed by atoms with Crippen molar-refractivity contribution in [2.45, 2.75) is 19.8 Å². The Morgan fingerprint density at radius 1 is 1.35 bits per heavy atom. The van der Waals surface area contributed by atoms with Crippen molar-refractivity contribution in [2.75, 3.05) is 25.1 Å². The molecule has 2 saturated heterocycles. The minimum absolute atomic E-state index is 0.233. The molecule has 2 aliphatic rings. The lowest BCUT2D eigenvalue weighted by Crippen LogP contribution is -2.19. The summed E-state index contributed by atoms with van der Waals surface area (Å²) >= 11 is 1.05. The molecule has 2 fully saturated rings. The number of amides is 1. The van der Waals surface area contributed by atoms with E-state index in [1.807, 2.05) is 6.07 Å². The Bertz CT molecular complexity index is 811. The van der Waals surface area contributed by atoms with Crippen molar-refractivity contribution in [1.82, 2.24) is 5.32 Å². The van der Waals surface area contributed by atoms with Crippen LogP contribution in [0.2, 0.25) is 0 Å². The third kappa shape index (κ3) is 4.32.